The summed E-state index contributed by atoms with van der Waals surface area (Å²) in [6, 6.07) is 16.6. The van der Waals surface area contributed by atoms with Crippen molar-refractivity contribution in [1.82, 2.24) is 0 Å². The van der Waals surface area contributed by atoms with Gasteiger partial charge in [-0.25, -0.2) is 0 Å². The van der Waals surface area contributed by atoms with Crippen LogP contribution in [0.25, 0.3) is 0 Å². The molecule has 0 fully saturated rings. The fourth-order valence-corrected chi connectivity index (χ4v) is 1.77. The molecule has 0 aromatic heterocycles. The molecule has 0 amide bonds. The van der Waals surface area contributed by atoms with Crippen molar-refractivity contribution in [3.05, 3.63) is 70.2 Å². The minimum atomic E-state index is 0.659. The van der Waals surface area contributed by atoms with Crippen LogP contribution in [0.15, 0.2) is 48.5 Å². The molecule has 2 aromatic rings. The van der Waals surface area contributed by atoms with Crippen LogP contribution in [0.2, 0.25) is 5.02 Å². The standard InChI is InChI=1S/C9H12.C8H9Cl/c1-8(2)9-6-4-3-5-7-9;1-6-3-4-7(2)8(9)5-6/h3-8H,1-2H3;3-5H,1-2H3. The summed E-state index contributed by atoms with van der Waals surface area (Å²) in [5, 5.41) is 0.856. The average molecular weight is 261 g/mol. The summed E-state index contributed by atoms with van der Waals surface area (Å²) in [5.74, 6) is 0.659. The molecule has 96 valence electrons. The van der Waals surface area contributed by atoms with E-state index in [1.54, 1.807) is 0 Å². The predicted molar refractivity (Wildman–Crippen MR) is 81.5 cm³/mol. The summed E-state index contributed by atoms with van der Waals surface area (Å²) in [6.07, 6.45) is 0. The molecule has 0 aliphatic heterocycles. The van der Waals surface area contributed by atoms with Crippen molar-refractivity contribution in [3.63, 3.8) is 0 Å². The van der Waals surface area contributed by atoms with Gasteiger partial charge in [0.05, 0.1) is 0 Å². The highest BCUT2D eigenvalue weighted by Crippen LogP contribution is 2.15. The highest BCUT2D eigenvalue weighted by atomic mass is 35.5. The fraction of sp³-hybridized carbons (Fsp3) is 0.294. The van der Waals surface area contributed by atoms with Crippen LogP contribution in [0.3, 0.4) is 0 Å². The lowest BCUT2D eigenvalue weighted by Gasteiger charge is -2.01. The largest absolute Gasteiger partial charge is 0.0840 e. The molecule has 2 aromatic carbocycles. The van der Waals surface area contributed by atoms with Gasteiger partial charge < -0.3 is 0 Å². The van der Waals surface area contributed by atoms with E-state index in [9.17, 15) is 0 Å². The number of hydrogen-bond donors (Lipinski definition) is 0. The Balaban J connectivity index is 0.000000180. The van der Waals surface area contributed by atoms with Crippen LogP contribution < -0.4 is 0 Å². The van der Waals surface area contributed by atoms with Gasteiger partial charge in [-0.1, -0.05) is 67.9 Å². The quantitative estimate of drug-likeness (QED) is 0.611. The molecule has 0 unspecified atom stereocenters. The van der Waals surface area contributed by atoms with Gasteiger partial charge in [0.15, 0.2) is 0 Å². The van der Waals surface area contributed by atoms with Crippen molar-refractivity contribution in [2.75, 3.05) is 0 Å². The third-order valence-corrected chi connectivity index (χ3v) is 3.20. The van der Waals surface area contributed by atoms with Crippen LogP contribution in [0, 0.1) is 13.8 Å². The van der Waals surface area contributed by atoms with Crippen LogP contribution in [0.5, 0.6) is 0 Å². The van der Waals surface area contributed by atoms with Gasteiger partial charge in [0.2, 0.25) is 0 Å². The Kier molecular flexibility index (Phi) is 5.94. The lowest BCUT2D eigenvalue weighted by molar-refractivity contribution is 0.867. The zero-order chi connectivity index (χ0) is 13.5. The van der Waals surface area contributed by atoms with Gasteiger partial charge in [-0.15, -0.1) is 0 Å². The molecule has 18 heavy (non-hydrogen) atoms. The smallest absolute Gasteiger partial charge is 0.0437 e. The highest BCUT2D eigenvalue weighted by molar-refractivity contribution is 6.31. The third-order valence-electron chi connectivity index (χ3n) is 2.79. The minimum absolute atomic E-state index is 0.659. The van der Waals surface area contributed by atoms with Gasteiger partial charge >= 0.3 is 0 Å². The molecule has 0 heterocycles. The van der Waals surface area contributed by atoms with Gasteiger partial charge in [-0.05, 0) is 42.5 Å². The van der Waals surface area contributed by atoms with Crippen LogP contribution >= 0.6 is 11.6 Å². The molecule has 0 saturated heterocycles. The topological polar surface area (TPSA) is 0 Å². The van der Waals surface area contributed by atoms with E-state index in [1.807, 2.05) is 32.0 Å². The number of rotatable bonds is 1. The van der Waals surface area contributed by atoms with Gasteiger partial charge in [-0.2, -0.15) is 0 Å². The van der Waals surface area contributed by atoms with Crippen molar-refractivity contribution in [3.8, 4) is 0 Å². The first kappa shape index (κ1) is 14.8. The summed E-state index contributed by atoms with van der Waals surface area (Å²) in [7, 11) is 0. The first-order valence-corrected chi connectivity index (χ1v) is 6.66. The van der Waals surface area contributed by atoms with E-state index in [1.165, 1.54) is 11.1 Å². The molecule has 0 nitrogen and oxygen atoms in total. The zero-order valence-electron chi connectivity index (χ0n) is 11.6. The van der Waals surface area contributed by atoms with E-state index in [4.69, 9.17) is 11.6 Å². The van der Waals surface area contributed by atoms with Gasteiger partial charge in [-0.3, -0.25) is 0 Å². The van der Waals surface area contributed by atoms with Crippen molar-refractivity contribution in [2.24, 2.45) is 0 Å². The summed E-state index contributed by atoms with van der Waals surface area (Å²) < 4.78 is 0. The monoisotopic (exact) mass is 260 g/mol. The molecule has 1 heteroatoms. The Morgan fingerprint density at radius 3 is 1.89 bits per heavy atom. The van der Waals surface area contributed by atoms with Gasteiger partial charge in [0.1, 0.15) is 0 Å². The normalized spacial score (nSPS) is 9.89. The van der Waals surface area contributed by atoms with Crippen molar-refractivity contribution in [1.29, 1.82) is 0 Å². The molecule has 2 rings (SSSR count). The lowest BCUT2D eigenvalue weighted by atomic mass is 10.0. The van der Waals surface area contributed by atoms with E-state index in [0.29, 0.717) is 5.92 Å². The Morgan fingerprint density at radius 1 is 0.889 bits per heavy atom. The fourth-order valence-electron chi connectivity index (χ4n) is 1.54. The van der Waals surface area contributed by atoms with Gasteiger partial charge in [0, 0.05) is 5.02 Å². The molecule has 0 atom stereocenters. The molecule has 0 aliphatic carbocycles. The van der Waals surface area contributed by atoms with Crippen LogP contribution in [-0.2, 0) is 0 Å². The summed E-state index contributed by atoms with van der Waals surface area (Å²) in [5.41, 5.74) is 3.77. The summed E-state index contributed by atoms with van der Waals surface area (Å²) >= 11 is 5.81. The van der Waals surface area contributed by atoms with Crippen LogP contribution in [0.1, 0.15) is 36.5 Å². The Hall–Kier alpha value is -1.27. The third kappa shape index (κ3) is 4.93. The first-order chi connectivity index (χ1) is 8.50. The van der Waals surface area contributed by atoms with E-state index in [2.05, 4.69) is 44.2 Å². The molecule has 0 bridgehead atoms. The highest BCUT2D eigenvalue weighted by Gasteiger charge is 1.93. The van der Waals surface area contributed by atoms with E-state index in [-0.39, 0.29) is 0 Å². The van der Waals surface area contributed by atoms with Crippen molar-refractivity contribution >= 4 is 11.6 Å². The molecule has 0 radical (unpaired) electrons. The molecule has 0 saturated carbocycles. The van der Waals surface area contributed by atoms with E-state index < -0.39 is 0 Å². The second-order valence-electron chi connectivity index (χ2n) is 4.82. The lowest BCUT2D eigenvalue weighted by Crippen LogP contribution is -1.83. The van der Waals surface area contributed by atoms with Crippen LogP contribution in [0.4, 0.5) is 0 Å². The van der Waals surface area contributed by atoms with Crippen molar-refractivity contribution < 1.29 is 0 Å². The maximum Gasteiger partial charge on any atom is 0.0437 e. The maximum absolute atomic E-state index is 5.81. The van der Waals surface area contributed by atoms with E-state index >= 15 is 0 Å². The molecular weight excluding hydrogens is 240 g/mol. The predicted octanol–water partition coefficient (Wildman–Crippen LogP) is 5.77. The first-order valence-electron chi connectivity index (χ1n) is 6.28. The summed E-state index contributed by atoms with van der Waals surface area (Å²) in [6.45, 7) is 8.44. The number of hydrogen-bond acceptors (Lipinski definition) is 0. The zero-order valence-corrected chi connectivity index (χ0v) is 12.3. The molecule has 0 aliphatic rings. The summed E-state index contributed by atoms with van der Waals surface area (Å²) in [4.78, 5) is 0. The molecule has 0 spiro atoms. The number of halogens is 1. The second-order valence-corrected chi connectivity index (χ2v) is 5.23. The number of benzene rings is 2. The van der Waals surface area contributed by atoms with Crippen LogP contribution in [-0.4, -0.2) is 0 Å². The van der Waals surface area contributed by atoms with Gasteiger partial charge in [0.25, 0.3) is 0 Å². The maximum atomic E-state index is 5.81. The Labute approximate surface area is 116 Å². The average Bonchev–Trinajstić information content (AvgIpc) is 2.36. The SMILES string of the molecule is CC(C)c1ccccc1.Cc1ccc(C)c(Cl)c1. The van der Waals surface area contributed by atoms with Crippen molar-refractivity contribution in [2.45, 2.75) is 33.6 Å². The Bertz CT molecular complexity index is 472. The van der Waals surface area contributed by atoms with E-state index in [0.717, 1.165) is 10.6 Å². The minimum Gasteiger partial charge on any atom is -0.0840 e. The number of aryl methyl sites for hydroxylation is 2. The second kappa shape index (κ2) is 7.23. The Morgan fingerprint density at radius 2 is 1.50 bits per heavy atom. The molecule has 0 N–H and O–H groups in total. The molecular formula is C17H21Cl.